The van der Waals surface area contributed by atoms with E-state index in [0.29, 0.717) is 5.92 Å². The fourth-order valence-electron chi connectivity index (χ4n) is 1.91. The normalized spacial score (nSPS) is 11.9. The fourth-order valence-corrected chi connectivity index (χ4v) is 4.94. The van der Waals surface area contributed by atoms with Crippen molar-refractivity contribution in [3.63, 3.8) is 0 Å². The minimum atomic E-state index is 0.202. The molecule has 0 N–H and O–H groups in total. The number of rotatable bonds is 6. The Morgan fingerprint density at radius 3 is 2.28 bits per heavy atom. The maximum atomic E-state index is 5.46. The summed E-state index contributed by atoms with van der Waals surface area (Å²) in [4.78, 5) is 0. The van der Waals surface area contributed by atoms with E-state index >= 15 is 0 Å². The molecule has 0 bridgehead atoms. The summed E-state index contributed by atoms with van der Waals surface area (Å²) in [6, 6.07) is 6.19. The average molecular weight is 443 g/mol. The van der Waals surface area contributed by atoms with Gasteiger partial charge in [-0.05, 0) is 41.5 Å². The second-order valence-corrected chi connectivity index (χ2v) is 6.95. The number of halogens is 3. The first-order chi connectivity index (χ1) is 8.49. The van der Waals surface area contributed by atoms with E-state index in [0.717, 1.165) is 27.3 Å². The van der Waals surface area contributed by atoms with Crippen LogP contribution in [0.15, 0.2) is 22.7 Å². The minimum Gasteiger partial charge on any atom is -0.496 e. The zero-order valence-corrected chi connectivity index (χ0v) is 15.7. The van der Waals surface area contributed by atoms with Gasteiger partial charge in [-0.15, -0.1) is 0 Å². The van der Waals surface area contributed by atoms with Crippen LogP contribution in [0.3, 0.4) is 0 Å². The topological polar surface area (TPSA) is 9.23 Å². The van der Waals surface area contributed by atoms with Crippen molar-refractivity contribution in [2.45, 2.75) is 20.3 Å². The molecule has 0 aromatic heterocycles. The molecule has 0 saturated carbocycles. The van der Waals surface area contributed by atoms with Crippen LogP contribution in [0.4, 0.5) is 0 Å². The summed E-state index contributed by atoms with van der Waals surface area (Å²) in [7, 11) is 1.73. The van der Waals surface area contributed by atoms with Gasteiger partial charge in [0.15, 0.2) is 0 Å². The number of ether oxygens (including phenoxy) is 1. The Balaban J connectivity index is 3.10. The zero-order chi connectivity index (χ0) is 13.8. The standard InChI is InChI=1S/C14H19Br3O/c1-10(2)14(8-15,9-16)7-11-6-12(17)4-5-13(11)18-3/h4-6,10H,7-9H2,1-3H3. The Hall–Kier alpha value is 0.460. The smallest absolute Gasteiger partial charge is 0.122 e. The third-order valence-electron chi connectivity index (χ3n) is 3.54. The Bertz CT molecular complexity index is 387. The molecule has 0 aliphatic carbocycles. The molecule has 102 valence electrons. The summed E-state index contributed by atoms with van der Waals surface area (Å²) in [6.07, 6.45) is 0.990. The van der Waals surface area contributed by atoms with E-state index in [4.69, 9.17) is 4.74 Å². The highest BCUT2D eigenvalue weighted by Gasteiger charge is 2.32. The van der Waals surface area contributed by atoms with Gasteiger partial charge in [-0.25, -0.2) is 0 Å². The Morgan fingerprint density at radius 2 is 1.83 bits per heavy atom. The van der Waals surface area contributed by atoms with Crippen molar-refractivity contribution in [2.24, 2.45) is 11.3 Å². The average Bonchev–Trinajstić information content (AvgIpc) is 2.36. The zero-order valence-electron chi connectivity index (χ0n) is 11.0. The summed E-state index contributed by atoms with van der Waals surface area (Å²) in [5, 5.41) is 1.94. The first-order valence-corrected chi connectivity index (χ1v) is 8.97. The summed E-state index contributed by atoms with van der Waals surface area (Å²) >= 11 is 10.9. The largest absolute Gasteiger partial charge is 0.496 e. The molecule has 0 amide bonds. The van der Waals surface area contributed by atoms with Crippen LogP contribution in [0, 0.1) is 11.3 Å². The van der Waals surface area contributed by atoms with Crippen molar-refractivity contribution < 1.29 is 4.74 Å². The summed E-state index contributed by atoms with van der Waals surface area (Å²) in [5.41, 5.74) is 1.45. The van der Waals surface area contributed by atoms with Crippen LogP contribution in [-0.2, 0) is 6.42 Å². The van der Waals surface area contributed by atoms with Crippen LogP contribution >= 0.6 is 47.8 Å². The molecule has 1 nitrogen and oxygen atoms in total. The summed E-state index contributed by atoms with van der Waals surface area (Å²) < 4.78 is 6.56. The van der Waals surface area contributed by atoms with Crippen molar-refractivity contribution in [1.82, 2.24) is 0 Å². The minimum absolute atomic E-state index is 0.202. The maximum absolute atomic E-state index is 5.46. The lowest BCUT2D eigenvalue weighted by atomic mass is 9.76. The molecule has 1 aromatic carbocycles. The van der Waals surface area contributed by atoms with Crippen LogP contribution < -0.4 is 4.74 Å². The highest BCUT2D eigenvalue weighted by atomic mass is 79.9. The second kappa shape index (κ2) is 7.30. The third-order valence-corrected chi connectivity index (χ3v) is 6.27. The quantitative estimate of drug-likeness (QED) is 0.533. The number of alkyl halides is 2. The fraction of sp³-hybridized carbons (Fsp3) is 0.571. The molecule has 0 heterocycles. The van der Waals surface area contributed by atoms with E-state index in [1.165, 1.54) is 5.56 Å². The van der Waals surface area contributed by atoms with Crippen molar-refractivity contribution in [1.29, 1.82) is 0 Å². The van der Waals surface area contributed by atoms with E-state index in [1.54, 1.807) is 7.11 Å². The lowest BCUT2D eigenvalue weighted by molar-refractivity contribution is 0.264. The molecule has 18 heavy (non-hydrogen) atoms. The maximum Gasteiger partial charge on any atom is 0.122 e. The Kier molecular flexibility index (Phi) is 6.70. The molecule has 0 spiro atoms. The van der Waals surface area contributed by atoms with Gasteiger partial charge in [-0.1, -0.05) is 61.6 Å². The second-order valence-electron chi connectivity index (χ2n) is 4.92. The molecule has 4 heteroatoms. The van der Waals surface area contributed by atoms with Gasteiger partial charge >= 0.3 is 0 Å². The predicted octanol–water partition coefficient (Wildman–Crippen LogP) is 5.43. The SMILES string of the molecule is COc1ccc(Br)cc1CC(CBr)(CBr)C(C)C. The summed E-state index contributed by atoms with van der Waals surface area (Å²) in [6.45, 7) is 4.54. The van der Waals surface area contributed by atoms with Gasteiger partial charge in [0, 0.05) is 15.1 Å². The van der Waals surface area contributed by atoms with Crippen molar-refractivity contribution in [2.75, 3.05) is 17.8 Å². The predicted molar refractivity (Wildman–Crippen MR) is 89.3 cm³/mol. The van der Waals surface area contributed by atoms with Crippen LogP contribution in [0.1, 0.15) is 19.4 Å². The van der Waals surface area contributed by atoms with Crippen LogP contribution in [0.5, 0.6) is 5.75 Å². The molecule has 0 atom stereocenters. The number of hydrogen-bond donors (Lipinski definition) is 0. The van der Waals surface area contributed by atoms with Crippen LogP contribution in [0.25, 0.3) is 0 Å². The monoisotopic (exact) mass is 440 g/mol. The van der Waals surface area contributed by atoms with Gasteiger partial charge in [0.2, 0.25) is 0 Å². The molecular formula is C14H19Br3O. The highest BCUT2D eigenvalue weighted by Crippen LogP contribution is 2.38. The van der Waals surface area contributed by atoms with E-state index in [2.05, 4.69) is 67.7 Å². The molecule has 0 saturated heterocycles. The number of hydrogen-bond acceptors (Lipinski definition) is 1. The van der Waals surface area contributed by atoms with Gasteiger partial charge in [0.25, 0.3) is 0 Å². The molecule has 0 radical (unpaired) electrons. The molecule has 0 unspecified atom stereocenters. The Morgan fingerprint density at radius 1 is 1.22 bits per heavy atom. The van der Waals surface area contributed by atoms with Gasteiger partial charge in [-0.2, -0.15) is 0 Å². The van der Waals surface area contributed by atoms with Crippen molar-refractivity contribution >= 4 is 47.8 Å². The Labute approximate surface area is 135 Å². The van der Waals surface area contributed by atoms with Crippen LogP contribution in [0.2, 0.25) is 0 Å². The van der Waals surface area contributed by atoms with E-state index in [1.807, 2.05) is 12.1 Å². The highest BCUT2D eigenvalue weighted by molar-refractivity contribution is 9.10. The first kappa shape index (κ1) is 16.5. The van der Waals surface area contributed by atoms with E-state index < -0.39 is 0 Å². The lowest BCUT2D eigenvalue weighted by Crippen LogP contribution is -2.33. The van der Waals surface area contributed by atoms with Crippen molar-refractivity contribution in [3.05, 3.63) is 28.2 Å². The van der Waals surface area contributed by atoms with Gasteiger partial charge in [0.05, 0.1) is 7.11 Å². The molecular weight excluding hydrogens is 424 g/mol. The van der Waals surface area contributed by atoms with Gasteiger partial charge in [0.1, 0.15) is 5.75 Å². The van der Waals surface area contributed by atoms with Crippen molar-refractivity contribution in [3.8, 4) is 5.75 Å². The molecule has 1 rings (SSSR count). The van der Waals surface area contributed by atoms with Gasteiger partial charge < -0.3 is 4.74 Å². The number of methoxy groups -OCH3 is 1. The molecule has 0 aliphatic heterocycles. The lowest BCUT2D eigenvalue weighted by Gasteiger charge is -2.35. The van der Waals surface area contributed by atoms with Crippen LogP contribution in [-0.4, -0.2) is 17.8 Å². The van der Waals surface area contributed by atoms with E-state index in [9.17, 15) is 0 Å². The van der Waals surface area contributed by atoms with E-state index in [-0.39, 0.29) is 5.41 Å². The molecule has 1 aromatic rings. The third kappa shape index (κ3) is 3.73. The molecule has 0 fully saturated rings. The van der Waals surface area contributed by atoms with Gasteiger partial charge in [-0.3, -0.25) is 0 Å². The summed E-state index contributed by atoms with van der Waals surface area (Å²) in [5.74, 6) is 1.55. The first-order valence-electron chi connectivity index (χ1n) is 5.93. The molecule has 0 aliphatic rings. The number of benzene rings is 1.